The van der Waals surface area contributed by atoms with Gasteiger partial charge in [-0.1, -0.05) is 6.07 Å². The Morgan fingerprint density at radius 2 is 1.94 bits per heavy atom. The molecule has 0 spiro atoms. The van der Waals surface area contributed by atoms with E-state index in [1.807, 2.05) is 61.8 Å². The minimum atomic E-state index is -0.175. The SMILES string of the molecule is CSCCCOc1cc(C)c(-c2c(F)ccc3c2CCC3Oc2cc3c(cn2)CCS3)c(C)c1. The van der Waals surface area contributed by atoms with E-state index < -0.39 is 0 Å². The van der Waals surface area contributed by atoms with Crippen molar-refractivity contribution in [1.29, 1.82) is 0 Å². The third kappa shape index (κ3) is 4.67. The van der Waals surface area contributed by atoms with Crippen molar-refractivity contribution >= 4 is 23.5 Å². The number of hydrogen-bond acceptors (Lipinski definition) is 5. The van der Waals surface area contributed by atoms with E-state index in [0.29, 0.717) is 18.1 Å². The molecule has 178 valence electrons. The molecule has 1 aromatic heterocycles. The highest BCUT2D eigenvalue weighted by molar-refractivity contribution is 7.99. The lowest BCUT2D eigenvalue weighted by Crippen LogP contribution is -2.06. The van der Waals surface area contributed by atoms with Gasteiger partial charge in [0.2, 0.25) is 5.88 Å². The Morgan fingerprint density at radius 1 is 1.12 bits per heavy atom. The first-order valence-corrected chi connectivity index (χ1v) is 14.3. The fourth-order valence-corrected chi connectivity index (χ4v) is 6.55. The molecule has 0 amide bonds. The summed E-state index contributed by atoms with van der Waals surface area (Å²) in [6.07, 6.45) is 7.64. The zero-order valence-corrected chi connectivity index (χ0v) is 21.6. The lowest BCUT2D eigenvalue weighted by Gasteiger charge is -2.19. The minimum Gasteiger partial charge on any atom is -0.494 e. The summed E-state index contributed by atoms with van der Waals surface area (Å²) in [5, 5.41) is 0. The van der Waals surface area contributed by atoms with E-state index in [0.717, 1.165) is 70.8 Å². The standard InChI is InChI=1S/C28H30FNO2S2/c1-17-13-20(31-10-4-11-33-3)14-18(2)27(17)28-22-6-8-24(21(22)5-7-23(28)29)32-26-15-25-19(16-30-26)9-12-34-25/h5,7,13-16,24H,4,6,8-12H2,1-3H3. The average molecular weight is 496 g/mol. The molecule has 0 saturated carbocycles. The van der Waals surface area contributed by atoms with Crippen LogP contribution in [0.1, 0.15) is 46.8 Å². The van der Waals surface area contributed by atoms with Gasteiger partial charge in [-0.2, -0.15) is 11.8 Å². The fourth-order valence-electron chi connectivity index (χ4n) is 5.08. The first-order valence-electron chi connectivity index (χ1n) is 11.9. The number of nitrogens with zero attached hydrogens (tertiary/aromatic N) is 1. The first kappa shape index (κ1) is 23.6. The van der Waals surface area contributed by atoms with Crippen LogP contribution in [0.25, 0.3) is 11.1 Å². The third-order valence-electron chi connectivity index (χ3n) is 6.63. The van der Waals surface area contributed by atoms with E-state index in [1.54, 1.807) is 6.07 Å². The van der Waals surface area contributed by atoms with Gasteiger partial charge in [-0.05, 0) is 103 Å². The topological polar surface area (TPSA) is 31.4 Å². The molecule has 0 saturated heterocycles. The molecule has 2 aromatic carbocycles. The second-order valence-electron chi connectivity index (χ2n) is 8.99. The normalized spacial score (nSPS) is 16.4. The number of hydrogen-bond donors (Lipinski definition) is 0. The smallest absolute Gasteiger partial charge is 0.214 e. The number of aryl methyl sites for hydroxylation is 3. The maximum absolute atomic E-state index is 15.3. The van der Waals surface area contributed by atoms with Crippen LogP contribution < -0.4 is 9.47 Å². The van der Waals surface area contributed by atoms with Crippen LogP contribution in [0.15, 0.2) is 41.4 Å². The first-order chi connectivity index (χ1) is 16.5. The summed E-state index contributed by atoms with van der Waals surface area (Å²) in [7, 11) is 0. The molecule has 5 rings (SSSR count). The Bertz CT molecular complexity index is 1190. The maximum Gasteiger partial charge on any atom is 0.214 e. The Kier molecular flexibility index (Phi) is 7.07. The van der Waals surface area contributed by atoms with Crippen molar-refractivity contribution in [2.45, 2.75) is 50.5 Å². The van der Waals surface area contributed by atoms with Gasteiger partial charge in [0.05, 0.1) is 6.61 Å². The summed E-state index contributed by atoms with van der Waals surface area (Å²) in [5.41, 5.74) is 7.19. The molecule has 0 bridgehead atoms. The van der Waals surface area contributed by atoms with Crippen LogP contribution in [-0.4, -0.2) is 29.4 Å². The number of aromatic nitrogens is 1. The summed E-state index contributed by atoms with van der Waals surface area (Å²) in [4.78, 5) is 5.80. The van der Waals surface area contributed by atoms with E-state index in [-0.39, 0.29) is 11.9 Å². The number of benzene rings is 2. The van der Waals surface area contributed by atoms with E-state index in [4.69, 9.17) is 9.47 Å². The zero-order chi connectivity index (χ0) is 23.7. The van der Waals surface area contributed by atoms with Crippen molar-refractivity contribution < 1.29 is 13.9 Å². The van der Waals surface area contributed by atoms with Gasteiger partial charge >= 0.3 is 0 Å². The van der Waals surface area contributed by atoms with Gasteiger partial charge in [-0.15, -0.1) is 11.8 Å². The van der Waals surface area contributed by atoms with Gasteiger partial charge in [-0.25, -0.2) is 9.37 Å². The third-order valence-corrected chi connectivity index (χ3v) is 8.43. The van der Waals surface area contributed by atoms with Crippen molar-refractivity contribution in [2.24, 2.45) is 0 Å². The summed E-state index contributed by atoms with van der Waals surface area (Å²) in [5.74, 6) is 3.53. The molecule has 1 aliphatic carbocycles. The summed E-state index contributed by atoms with van der Waals surface area (Å²) >= 11 is 3.68. The van der Waals surface area contributed by atoms with E-state index in [2.05, 4.69) is 17.3 Å². The molecular weight excluding hydrogens is 465 g/mol. The molecule has 0 radical (unpaired) electrons. The number of fused-ring (bicyclic) bond motifs is 2. The monoisotopic (exact) mass is 495 g/mol. The van der Waals surface area contributed by atoms with Gasteiger partial charge < -0.3 is 9.47 Å². The highest BCUT2D eigenvalue weighted by Crippen LogP contribution is 2.44. The van der Waals surface area contributed by atoms with Crippen LogP contribution in [0.3, 0.4) is 0 Å². The Morgan fingerprint density at radius 3 is 2.74 bits per heavy atom. The minimum absolute atomic E-state index is 0.106. The molecular formula is C28H30FNO2S2. The molecule has 1 unspecified atom stereocenters. The summed E-state index contributed by atoms with van der Waals surface area (Å²) in [6, 6.07) is 9.61. The number of halogens is 1. The average Bonchev–Trinajstić information content (AvgIpc) is 3.44. The zero-order valence-electron chi connectivity index (χ0n) is 19.9. The quantitative estimate of drug-likeness (QED) is 0.305. The van der Waals surface area contributed by atoms with Gasteiger partial charge in [0.25, 0.3) is 0 Å². The number of rotatable bonds is 8. The van der Waals surface area contributed by atoms with Gasteiger partial charge in [0.1, 0.15) is 17.7 Å². The van der Waals surface area contributed by atoms with Crippen LogP contribution >= 0.6 is 23.5 Å². The molecule has 0 N–H and O–H groups in total. The molecule has 0 fully saturated rings. The van der Waals surface area contributed by atoms with Gasteiger partial charge in [-0.3, -0.25) is 0 Å². The van der Waals surface area contributed by atoms with Crippen LogP contribution in [0.5, 0.6) is 11.6 Å². The fraction of sp³-hybridized carbons (Fsp3) is 0.393. The van der Waals surface area contributed by atoms with Gasteiger partial charge in [0.15, 0.2) is 0 Å². The van der Waals surface area contributed by atoms with Crippen molar-refractivity contribution in [3.05, 3.63) is 70.2 Å². The molecule has 3 nitrogen and oxygen atoms in total. The van der Waals surface area contributed by atoms with Crippen LogP contribution in [-0.2, 0) is 12.8 Å². The number of ether oxygens (including phenoxy) is 2. The van der Waals surface area contributed by atoms with E-state index in [1.165, 1.54) is 10.5 Å². The highest BCUT2D eigenvalue weighted by Gasteiger charge is 2.30. The molecule has 2 heterocycles. The molecule has 1 aliphatic heterocycles. The van der Waals surface area contributed by atoms with Gasteiger partial charge in [0, 0.05) is 28.5 Å². The van der Waals surface area contributed by atoms with Crippen LogP contribution in [0.2, 0.25) is 0 Å². The number of pyridine rings is 1. The predicted molar refractivity (Wildman–Crippen MR) is 140 cm³/mol. The Hall–Kier alpha value is -2.18. The van der Waals surface area contributed by atoms with Crippen molar-refractivity contribution in [3.63, 3.8) is 0 Å². The maximum atomic E-state index is 15.3. The largest absolute Gasteiger partial charge is 0.494 e. The summed E-state index contributed by atoms with van der Waals surface area (Å²) < 4.78 is 27.6. The lowest BCUT2D eigenvalue weighted by molar-refractivity contribution is 0.198. The summed E-state index contributed by atoms with van der Waals surface area (Å²) in [6.45, 7) is 4.79. The molecule has 34 heavy (non-hydrogen) atoms. The molecule has 6 heteroatoms. The Balaban J connectivity index is 1.43. The number of thioether (sulfide) groups is 2. The van der Waals surface area contributed by atoms with Crippen LogP contribution in [0.4, 0.5) is 4.39 Å². The van der Waals surface area contributed by atoms with Crippen LogP contribution in [0, 0.1) is 19.7 Å². The van der Waals surface area contributed by atoms with Crippen molar-refractivity contribution in [1.82, 2.24) is 4.98 Å². The molecule has 2 aliphatic rings. The van der Waals surface area contributed by atoms with E-state index >= 15 is 4.39 Å². The molecule has 1 atom stereocenters. The second kappa shape index (κ2) is 10.2. The second-order valence-corrected chi connectivity index (χ2v) is 11.1. The Labute approximate surface area is 209 Å². The lowest BCUT2D eigenvalue weighted by atomic mass is 9.90. The highest BCUT2D eigenvalue weighted by atomic mass is 32.2. The van der Waals surface area contributed by atoms with Crippen molar-refractivity contribution in [2.75, 3.05) is 24.4 Å². The van der Waals surface area contributed by atoms with E-state index in [9.17, 15) is 0 Å². The van der Waals surface area contributed by atoms with Crippen molar-refractivity contribution in [3.8, 4) is 22.8 Å². The molecule has 3 aromatic rings. The predicted octanol–water partition coefficient (Wildman–Crippen LogP) is 7.35.